The molecule has 0 fully saturated rings. The lowest BCUT2D eigenvalue weighted by atomic mass is 10.1. The molecule has 0 aliphatic rings. The second-order valence-electron chi connectivity index (χ2n) is 4.25. The lowest BCUT2D eigenvalue weighted by Gasteiger charge is -2.18. The van der Waals surface area contributed by atoms with Crippen LogP contribution in [0.15, 0.2) is 6.07 Å². The summed E-state index contributed by atoms with van der Waals surface area (Å²) < 4.78 is 15.9. The third kappa shape index (κ3) is 2.98. The molecule has 5 heteroatoms. The van der Waals surface area contributed by atoms with Crippen molar-refractivity contribution in [1.82, 2.24) is 5.32 Å². The van der Waals surface area contributed by atoms with Crippen molar-refractivity contribution in [3.05, 3.63) is 11.6 Å². The Hall–Kier alpha value is -1.62. The largest absolute Gasteiger partial charge is 0.493 e. The summed E-state index contributed by atoms with van der Waals surface area (Å²) in [6.45, 7) is 4.81. The van der Waals surface area contributed by atoms with Crippen LogP contribution in [-0.4, -0.2) is 27.4 Å². The Morgan fingerprint density at radius 1 is 1.11 bits per heavy atom. The van der Waals surface area contributed by atoms with Gasteiger partial charge in [-0.2, -0.15) is 0 Å². The predicted octanol–water partition coefficient (Wildman–Crippen LogP) is 1.79. The van der Waals surface area contributed by atoms with Crippen molar-refractivity contribution >= 4 is 5.69 Å². The summed E-state index contributed by atoms with van der Waals surface area (Å²) in [5.41, 5.74) is 7.58. The smallest absolute Gasteiger partial charge is 0.205 e. The Kier molecular flexibility index (Phi) is 5.09. The molecule has 1 rings (SSSR count). The summed E-state index contributed by atoms with van der Waals surface area (Å²) in [6, 6.07) is 2.25. The average Bonchev–Trinajstić information content (AvgIpc) is 2.36. The third-order valence-electron chi connectivity index (χ3n) is 2.65. The van der Waals surface area contributed by atoms with E-state index in [4.69, 9.17) is 19.9 Å². The van der Waals surface area contributed by atoms with E-state index in [2.05, 4.69) is 19.2 Å². The van der Waals surface area contributed by atoms with Crippen molar-refractivity contribution in [3.8, 4) is 17.2 Å². The molecule has 3 N–H and O–H groups in total. The molecule has 1 aromatic carbocycles. The van der Waals surface area contributed by atoms with Crippen LogP contribution in [0, 0.1) is 0 Å². The molecule has 5 nitrogen and oxygen atoms in total. The fourth-order valence-electron chi connectivity index (χ4n) is 1.69. The van der Waals surface area contributed by atoms with E-state index in [0.717, 1.165) is 5.56 Å². The molecule has 0 radical (unpaired) electrons. The highest BCUT2D eigenvalue weighted by Crippen LogP contribution is 2.43. The number of hydrogen-bond acceptors (Lipinski definition) is 5. The van der Waals surface area contributed by atoms with Crippen molar-refractivity contribution < 1.29 is 14.2 Å². The first-order chi connectivity index (χ1) is 8.54. The fourth-order valence-corrected chi connectivity index (χ4v) is 1.69. The maximum atomic E-state index is 6.08. The maximum absolute atomic E-state index is 6.08. The van der Waals surface area contributed by atoms with Crippen LogP contribution in [0.2, 0.25) is 0 Å². The second-order valence-corrected chi connectivity index (χ2v) is 4.25. The number of rotatable bonds is 6. The Balaban J connectivity index is 3.19. The quantitative estimate of drug-likeness (QED) is 0.758. The molecule has 0 aliphatic carbocycles. The van der Waals surface area contributed by atoms with Crippen LogP contribution in [0.25, 0.3) is 0 Å². The molecule has 0 amide bonds. The monoisotopic (exact) mass is 254 g/mol. The average molecular weight is 254 g/mol. The number of anilines is 1. The molecular formula is C13H22N2O3. The second kappa shape index (κ2) is 6.35. The lowest BCUT2D eigenvalue weighted by molar-refractivity contribution is 0.324. The predicted molar refractivity (Wildman–Crippen MR) is 72.5 cm³/mol. The van der Waals surface area contributed by atoms with E-state index in [1.165, 1.54) is 0 Å². The highest BCUT2D eigenvalue weighted by atomic mass is 16.5. The van der Waals surface area contributed by atoms with Crippen molar-refractivity contribution in [2.24, 2.45) is 0 Å². The number of nitrogen functional groups attached to an aromatic ring is 1. The van der Waals surface area contributed by atoms with Gasteiger partial charge in [-0.3, -0.25) is 0 Å². The number of nitrogens with two attached hydrogens (primary N) is 1. The van der Waals surface area contributed by atoms with Gasteiger partial charge in [0.05, 0.1) is 27.0 Å². The molecule has 0 atom stereocenters. The van der Waals surface area contributed by atoms with Gasteiger partial charge in [0.15, 0.2) is 11.5 Å². The molecule has 0 saturated heterocycles. The highest BCUT2D eigenvalue weighted by Gasteiger charge is 2.18. The Labute approximate surface area is 108 Å². The molecule has 102 valence electrons. The minimum atomic E-state index is 0.378. The Morgan fingerprint density at radius 2 is 1.72 bits per heavy atom. The van der Waals surface area contributed by atoms with Gasteiger partial charge < -0.3 is 25.3 Å². The van der Waals surface area contributed by atoms with Crippen molar-refractivity contribution in [1.29, 1.82) is 0 Å². The molecule has 1 aromatic rings. The first-order valence-corrected chi connectivity index (χ1v) is 5.85. The highest BCUT2D eigenvalue weighted by molar-refractivity contribution is 5.70. The lowest BCUT2D eigenvalue weighted by Crippen LogP contribution is -2.22. The van der Waals surface area contributed by atoms with Gasteiger partial charge in [0.25, 0.3) is 0 Å². The van der Waals surface area contributed by atoms with Crippen LogP contribution >= 0.6 is 0 Å². The van der Waals surface area contributed by atoms with E-state index in [1.54, 1.807) is 21.3 Å². The molecule has 0 saturated carbocycles. The van der Waals surface area contributed by atoms with Gasteiger partial charge in [0, 0.05) is 12.6 Å². The van der Waals surface area contributed by atoms with Gasteiger partial charge in [0.2, 0.25) is 5.75 Å². The molecule has 18 heavy (non-hydrogen) atoms. The first kappa shape index (κ1) is 14.4. The number of methoxy groups -OCH3 is 3. The number of benzene rings is 1. The van der Waals surface area contributed by atoms with Crippen LogP contribution < -0.4 is 25.3 Å². The van der Waals surface area contributed by atoms with E-state index < -0.39 is 0 Å². The molecule has 0 aliphatic heterocycles. The summed E-state index contributed by atoms with van der Waals surface area (Å²) in [5, 5.41) is 3.31. The van der Waals surface area contributed by atoms with E-state index in [9.17, 15) is 0 Å². The first-order valence-electron chi connectivity index (χ1n) is 5.85. The van der Waals surface area contributed by atoms with Crippen LogP contribution in [0.5, 0.6) is 17.2 Å². The van der Waals surface area contributed by atoms with Crippen LogP contribution in [0.3, 0.4) is 0 Å². The summed E-state index contributed by atoms with van der Waals surface area (Å²) >= 11 is 0. The van der Waals surface area contributed by atoms with Crippen LogP contribution in [0.1, 0.15) is 19.4 Å². The normalized spacial score (nSPS) is 10.6. The van der Waals surface area contributed by atoms with Crippen molar-refractivity contribution in [3.63, 3.8) is 0 Å². The Bertz CT molecular complexity index is 406. The van der Waals surface area contributed by atoms with Gasteiger partial charge in [-0.15, -0.1) is 0 Å². The molecule has 0 aromatic heterocycles. The summed E-state index contributed by atoms with van der Waals surface area (Å²) in [4.78, 5) is 0. The molecule has 0 heterocycles. The van der Waals surface area contributed by atoms with E-state index in [1.807, 2.05) is 6.07 Å². The van der Waals surface area contributed by atoms with Crippen LogP contribution in [-0.2, 0) is 6.54 Å². The number of hydrogen-bond donors (Lipinski definition) is 2. The zero-order valence-electron chi connectivity index (χ0n) is 11.7. The third-order valence-corrected chi connectivity index (χ3v) is 2.65. The Morgan fingerprint density at radius 3 is 2.17 bits per heavy atom. The SMILES string of the molecule is COc1cc(CNC(C)C)c(N)c(OC)c1OC. The van der Waals surface area contributed by atoms with Gasteiger partial charge in [0.1, 0.15) is 0 Å². The summed E-state index contributed by atoms with van der Waals surface area (Å²) in [6.07, 6.45) is 0. The fraction of sp³-hybridized carbons (Fsp3) is 0.538. The van der Waals surface area contributed by atoms with E-state index in [0.29, 0.717) is 35.5 Å². The molecule has 0 spiro atoms. The summed E-state index contributed by atoms with van der Waals surface area (Å²) in [7, 11) is 4.71. The molecular weight excluding hydrogens is 232 g/mol. The van der Waals surface area contributed by atoms with E-state index >= 15 is 0 Å². The van der Waals surface area contributed by atoms with Crippen molar-refractivity contribution in [2.75, 3.05) is 27.1 Å². The van der Waals surface area contributed by atoms with Gasteiger partial charge >= 0.3 is 0 Å². The topological polar surface area (TPSA) is 65.7 Å². The molecule has 0 bridgehead atoms. The van der Waals surface area contributed by atoms with Gasteiger partial charge in [-0.1, -0.05) is 13.8 Å². The summed E-state index contributed by atoms with van der Waals surface area (Å²) in [5.74, 6) is 1.65. The van der Waals surface area contributed by atoms with Gasteiger partial charge in [-0.25, -0.2) is 0 Å². The minimum Gasteiger partial charge on any atom is -0.493 e. The number of nitrogens with one attached hydrogen (secondary N) is 1. The van der Waals surface area contributed by atoms with Crippen molar-refractivity contribution in [2.45, 2.75) is 26.4 Å². The standard InChI is InChI=1S/C13H22N2O3/c1-8(2)15-7-9-6-10(16-3)12(17-4)13(18-5)11(9)14/h6,8,15H,7,14H2,1-5H3. The minimum absolute atomic E-state index is 0.378. The number of ether oxygens (including phenoxy) is 3. The molecule has 0 unspecified atom stereocenters. The zero-order valence-corrected chi connectivity index (χ0v) is 11.7. The van der Waals surface area contributed by atoms with Gasteiger partial charge in [-0.05, 0) is 11.6 Å². The van der Waals surface area contributed by atoms with E-state index in [-0.39, 0.29) is 0 Å². The maximum Gasteiger partial charge on any atom is 0.205 e. The van der Waals surface area contributed by atoms with Crippen LogP contribution in [0.4, 0.5) is 5.69 Å². The zero-order chi connectivity index (χ0) is 13.7.